The second-order valence-electron chi connectivity index (χ2n) is 4.60. The third kappa shape index (κ3) is 2.65. The quantitative estimate of drug-likeness (QED) is 0.827. The van der Waals surface area contributed by atoms with E-state index in [9.17, 15) is 18.3 Å². The van der Waals surface area contributed by atoms with Crippen molar-refractivity contribution < 1.29 is 22.7 Å². The lowest BCUT2D eigenvalue weighted by Crippen LogP contribution is -2.29. The number of amides is 1. The molecule has 1 saturated heterocycles. The number of aliphatic hydroxyl groups excluding tert-OH is 1. The molecule has 19 heavy (non-hydrogen) atoms. The largest absolute Gasteiger partial charge is 0.438 e. The maximum Gasteiger partial charge on any atom is 0.289 e. The van der Waals surface area contributed by atoms with E-state index in [1.165, 1.54) is 31.1 Å². The first kappa shape index (κ1) is 14.0. The second kappa shape index (κ2) is 4.95. The number of β-amino-alcohol motifs (C(OH)–C–C–N with tert-alkyl or cyclic N) is 1. The number of carbonyl (C=O) groups is 1. The zero-order valence-electron chi connectivity index (χ0n) is 10.7. The fourth-order valence-electron chi connectivity index (χ4n) is 1.84. The topological polar surface area (TPSA) is 91.1 Å². The van der Waals surface area contributed by atoms with Crippen molar-refractivity contribution in [2.75, 3.05) is 27.2 Å². The summed E-state index contributed by atoms with van der Waals surface area (Å²) in [6.07, 6.45) is -0.00106. The minimum Gasteiger partial charge on any atom is -0.438 e. The molecular weight excluding hydrogens is 272 g/mol. The first-order valence-corrected chi connectivity index (χ1v) is 7.26. The third-order valence-corrected chi connectivity index (χ3v) is 4.67. The molecule has 1 aromatic heterocycles. The molecule has 0 spiro atoms. The molecule has 1 N–H and O–H groups in total. The first-order valence-electron chi connectivity index (χ1n) is 5.82. The molecule has 0 bridgehead atoms. The Morgan fingerprint density at radius 1 is 1.47 bits per heavy atom. The molecule has 106 valence electrons. The van der Waals surface area contributed by atoms with Gasteiger partial charge in [0, 0.05) is 27.2 Å². The highest BCUT2D eigenvalue weighted by Crippen LogP contribution is 2.20. The summed E-state index contributed by atoms with van der Waals surface area (Å²) in [5, 5.41) is 9.11. The lowest BCUT2D eigenvalue weighted by atomic mass is 10.3. The molecule has 0 saturated carbocycles. The summed E-state index contributed by atoms with van der Waals surface area (Å²) in [4.78, 5) is 13.5. The van der Waals surface area contributed by atoms with Crippen molar-refractivity contribution >= 4 is 15.9 Å². The van der Waals surface area contributed by atoms with Gasteiger partial charge in [0.15, 0.2) is 5.76 Å². The Labute approximate surface area is 111 Å². The molecule has 0 aliphatic carbocycles. The molecule has 0 aromatic carbocycles. The number of rotatable bonds is 3. The van der Waals surface area contributed by atoms with Crippen LogP contribution in [0.2, 0.25) is 0 Å². The Balaban J connectivity index is 2.20. The smallest absolute Gasteiger partial charge is 0.289 e. The van der Waals surface area contributed by atoms with Crippen LogP contribution in [0.5, 0.6) is 0 Å². The Kier molecular flexibility index (Phi) is 3.66. The molecule has 2 heterocycles. The molecule has 2 rings (SSSR count). The van der Waals surface area contributed by atoms with E-state index in [0.717, 1.165) is 4.31 Å². The predicted molar refractivity (Wildman–Crippen MR) is 66.1 cm³/mol. The van der Waals surface area contributed by atoms with Gasteiger partial charge in [-0.25, -0.2) is 12.7 Å². The number of sulfonamides is 1. The molecule has 1 aromatic rings. The van der Waals surface area contributed by atoms with Gasteiger partial charge in [-0.3, -0.25) is 4.79 Å². The van der Waals surface area contributed by atoms with Crippen LogP contribution in [0.1, 0.15) is 17.0 Å². The van der Waals surface area contributed by atoms with Crippen molar-refractivity contribution in [1.29, 1.82) is 0 Å². The highest BCUT2D eigenvalue weighted by molar-refractivity contribution is 7.88. The van der Waals surface area contributed by atoms with E-state index in [1.807, 2.05) is 0 Å². The molecule has 1 fully saturated rings. The van der Waals surface area contributed by atoms with Crippen LogP contribution in [0, 0.1) is 0 Å². The number of nitrogens with zero attached hydrogens (tertiary/aromatic N) is 2. The number of aliphatic hydroxyl groups is 1. The minimum atomic E-state index is -3.68. The van der Waals surface area contributed by atoms with Gasteiger partial charge in [0.25, 0.3) is 15.9 Å². The zero-order valence-corrected chi connectivity index (χ0v) is 11.6. The Bertz CT molecular complexity index is 578. The maximum atomic E-state index is 12.0. The van der Waals surface area contributed by atoms with Crippen molar-refractivity contribution in [3.63, 3.8) is 0 Å². The highest BCUT2D eigenvalue weighted by atomic mass is 32.2. The number of carbonyl (C=O) groups excluding carboxylic acids is 1. The van der Waals surface area contributed by atoms with Gasteiger partial charge in [0.1, 0.15) is 0 Å². The van der Waals surface area contributed by atoms with Crippen LogP contribution in [-0.4, -0.2) is 61.9 Å². The van der Waals surface area contributed by atoms with Gasteiger partial charge in [-0.1, -0.05) is 0 Å². The SMILES string of the molecule is CN(C)S(=O)(=O)c1ccc(C(=O)N2CCC(O)C2)o1. The van der Waals surface area contributed by atoms with E-state index in [0.29, 0.717) is 13.0 Å². The number of likely N-dealkylation sites (tertiary alicyclic amines) is 1. The van der Waals surface area contributed by atoms with Crippen molar-refractivity contribution in [2.24, 2.45) is 0 Å². The first-order chi connectivity index (χ1) is 8.82. The van der Waals surface area contributed by atoms with Crippen LogP contribution < -0.4 is 0 Å². The summed E-state index contributed by atoms with van der Waals surface area (Å²) in [6, 6.07) is 2.60. The lowest BCUT2D eigenvalue weighted by molar-refractivity contribution is 0.0728. The second-order valence-corrected chi connectivity index (χ2v) is 6.68. The maximum absolute atomic E-state index is 12.0. The van der Waals surface area contributed by atoms with Gasteiger partial charge < -0.3 is 14.4 Å². The molecule has 1 atom stereocenters. The van der Waals surface area contributed by atoms with E-state index in [4.69, 9.17) is 4.42 Å². The van der Waals surface area contributed by atoms with Crippen molar-refractivity contribution in [3.8, 4) is 0 Å². The van der Waals surface area contributed by atoms with Crippen LogP contribution in [0.25, 0.3) is 0 Å². The standard InChI is InChI=1S/C11H16N2O5S/c1-12(2)19(16,17)10-4-3-9(18-10)11(15)13-6-5-8(14)7-13/h3-4,8,14H,5-7H2,1-2H3. The van der Waals surface area contributed by atoms with Gasteiger partial charge in [-0.05, 0) is 18.6 Å². The minimum absolute atomic E-state index is 0.0328. The number of hydrogen-bond acceptors (Lipinski definition) is 5. The third-order valence-electron chi connectivity index (χ3n) is 2.98. The summed E-state index contributed by atoms with van der Waals surface area (Å²) in [6.45, 7) is 0.686. The van der Waals surface area contributed by atoms with Crippen LogP contribution >= 0.6 is 0 Å². The van der Waals surface area contributed by atoms with Gasteiger partial charge in [0.05, 0.1) is 6.10 Å². The number of hydrogen-bond donors (Lipinski definition) is 1. The summed E-state index contributed by atoms with van der Waals surface area (Å²) in [5.41, 5.74) is 0. The van der Waals surface area contributed by atoms with E-state index in [-0.39, 0.29) is 17.4 Å². The lowest BCUT2D eigenvalue weighted by Gasteiger charge is -2.13. The van der Waals surface area contributed by atoms with Crippen LogP contribution in [0.3, 0.4) is 0 Å². The monoisotopic (exact) mass is 288 g/mol. The Morgan fingerprint density at radius 3 is 2.68 bits per heavy atom. The molecule has 1 amide bonds. The van der Waals surface area contributed by atoms with E-state index < -0.39 is 22.0 Å². The van der Waals surface area contributed by atoms with Gasteiger partial charge in [0.2, 0.25) is 5.09 Å². The zero-order chi connectivity index (χ0) is 14.2. The molecule has 1 aliphatic heterocycles. The van der Waals surface area contributed by atoms with E-state index in [1.54, 1.807) is 0 Å². The molecule has 1 aliphatic rings. The molecule has 7 nitrogen and oxygen atoms in total. The van der Waals surface area contributed by atoms with Gasteiger partial charge in [-0.15, -0.1) is 0 Å². The molecule has 0 radical (unpaired) electrons. The number of furan rings is 1. The van der Waals surface area contributed by atoms with Crippen molar-refractivity contribution in [3.05, 3.63) is 17.9 Å². The van der Waals surface area contributed by atoms with E-state index >= 15 is 0 Å². The van der Waals surface area contributed by atoms with Crippen molar-refractivity contribution in [1.82, 2.24) is 9.21 Å². The summed E-state index contributed by atoms with van der Waals surface area (Å²) >= 11 is 0. The van der Waals surface area contributed by atoms with Gasteiger partial charge in [-0.2, -0.15) is 0 Å². The average molecular weight is 288 g/mol. The summed E-state index contributed by atoms with van der Waals surface area (Å²) in [5.74, 6) is -0.439. The fourth-order valence-corrected chi connectivity index (χ4v) is 2.63. The van der Waals surface area contributed by atoms with Gasteiger partial charge >= 0.3 is 0 Å². The Hall–Kier alpha value is -1.38. The molecule has 8 heteroatoms. The molecular formula is C11H16N2O5S. The Morgan fingerprint density at radius 2 is 2.16 bits per heavy atom. The van der Waals surface area contributed by atoms with Crippen LogP contribution in [0.15, 0.2) is 21.6 Å². The normalized spacial score (nSPS) is 20.2. The predicted octanol–water partition coefficient (Wildman–Crippen LogP) is -0.263. The molecule has 1 unspecified atom stereocenters. The fraction of sp³-hybridized carbons (Fsp3) is 0.545. The summed E-state index contributed by atoms with van der Waals surface area (Å²) < 4.78 is 29.7. The highest BCUT2D eigenvalue weighted by Gasteiger charge is 2.29. The van der Waals surface area contributed by atoms with Crippen LogP contribution in [-0.2, 0) is 10.0 Å². The van der Waals surface area contributed by atoms with E-state index in [2.05, 4.69) is 0 Å². The van der Waals surface area contributed by atoms with Crippen molar-refractivity contribution in [2.45, 2.75) is 17.6 Å². The summed E-state index contributed by atoms with van der Waals surface area (Å²) in [7, 11) is -0.907. The van der Waals surface area contributed by atoms with Crippen LogP contribution in [0.4, 0.5) is 0 Å². The average Bonchev–Trinajstić information content (AvgIpc) is 2.96.